The molecule has 0 saturated carbocycles. The fraction of sp³-hybridized carbons (Fsp3) is 0. The Morgan fingerprint density at radius 3 is 1.15 bits per heavy atom. The second-order valence-corrected chi connectivity index (χ2v) is 24.9. The van der Waals surface area contributed by atoms with Gasteiger partial charge in [0.2, 0.25) is 0 Å². The van der Waals surface area contributed by atoms with Crippen LogP contribution in [-0.2, 0) is 0 Å². The lowest BCUT2D eigenvalue weighted by Gasteiger charge is -2.29. The Hall–Kier alpha value is -11.9. The number of fused-ring (bicyclic) bond motifs is 6. The van der Waals surface area contributed by atoms with E-state index in [4.69, 9.17) is 0 Å². The molecule has 0 amide bonds. The standard InChI is InChI=1S/C90H60N2S/c1-3-20-63(21-4-1)79-57-58-80(85-32-12-11-31-84(79)85)67-45-53-73(54-46-67)91(72-51-43-66(44-52-72)78-33-16-26-64-24-9-10-29-77(64)78)76-28-15-27-71(60-76)81-30-13-14-38-88(81)92(74-49-41-62(42-50-74)70-40-39-61-19-7-8-25-69(61)59-70)75-55-47-68(48-56-75)83-35-18-37-87-86-36-17-34-82(89(86)93-90(83)87)65-22-5-2-6-23-65/h1-60H. The third-order valence-electron chi connectivity index (χ3n) is 18.5. The Labute approximate surface area is 546 Å². The van der Waals surface area contributed by atoms with Crippen molar-refractivity contribution in [3.8, 4) is 77.9 Å². The van der Waals surface area contributed by atoms with Crippen LogP contribution in [0.25, 0.3) is 130 Å². The van der Waals surface area contributed by atoms with Crippen LogP contribution in [0.5, 0.6) is 0 Å². The molecule has 0 atom stereocenters. The number of hydrogen-bond acceptors (Lipinski definition) is 3. The zero-order valence-corrected chi connectivity index (χ0v) is 51.8. The molecule has 2 nitrogen and oxygen atoms in total. The van der Waals surface area contributed by atoms with Crippen molar-refractivity contribution in [2.45, 2.75) is 0 Å². The Bertz CT molecular complexity index is 5590. The van der Waals surface area contributed by atoms with Crippen molar-refractivity contribution >= 4 is 98.0 Å². The molecule has 3 heteroatoms. The summed E-state index contributed by atoms with van der Waals surface area (Å²) in [5.74, 6) is 0. The molecular formula is C90H60N2S. The lowest BCUT2D eigenvalue weighted by atomic mass is 9.92. The number of hydrogen-bond donors (Lipinski definition) is 0. The summed E-state index contributed by atoms with van der Waals surface area (Å²) in [6.45, 7) is 0. The highest BCUT2D eigenvalue weighted by Crippen LogP contribution is 2.48. The van der Waals surface area contributed by atoms with Crippen LogP contribution in [0.4, 0.5) is 34.1 Å². The summed E-state index contributed by atoms with van der Waals surface area (Å²) in [6.07, 6.45) is 0. The second-order valence-electron chi connectivity index (χ2n) is 23.9. The predicted octanol–water partition coefficient (Wildman–Crippen LogP) is 26.1. The van der Waals surface area contributed by atoms with Crippen LogP contribution in [-0.4, -0.2) is 0 Å². The summed E-state index contributed by atoms with van der Waals surface area (Å²) in [5, 5.41) is 9.98. The van der Waals surface area contributed by atoms with Crippen LogP contribution < -0.4 is 9.80 Å². The van der Waals surface area contributed by atoms with Crippen LogP contribution in [0, 0.1) is 0 Å². The first-order valence-electron chi connectivity index (χ1n) is 31.9. The molecule has 17 rings (SSSR count). The lowest BCUT2D eigenvalue weighted by Crippen LogP contribution is -2.12. The number of thiophene rings is 1. The molecule has 0 aliphatic carbocycles. The minimum atomic E-state index is 1.05. The van der Waals surface area contributed by atoms with Crippen molar-refractivity contribution in [3.63, 3.8) is 0 Å². The Morgan fingerprint density at radius 2 is 0.548 bits per heavy atom. The Balaban J connectivity index is 0.777. The van der Waals surface area contributed by atoms with Crippen molar-refractivity contribution in [1.29, 1.82) is 0 Å². The van der Waals surface area contributed by atoms with Gasteiger partial charge in [0.1, 0.15) is 0 Å². The van der Waals surface area contributed by atoms with Gasteiger partial charge in [-0.25, -0.2) is 0 Å². The highest BCUT2D eigenvalue weighted by molar-refractivity contribution is 7.26. The largest absolute Gasteiger partial charge is 0.310 e. The molecule has 0 radical (unpaired) electrons. The lowest BCUT2D eigenvalue weighted by molar-refractivity contribution is 1.27. The molecule has 436 valence electrons. The smallest absolute Gasteiger partial charge is 0.0540 e. The highest BCUT2D eigenvalue weighted by atomic mass is 32.1. The fourth-order valence-electron chi connectivity index (χ4n) is 13.9. The van der Waals surface area contributed by atoms with Gasteiger partial charge in [0, 0.05) is 54.2 Å². The quantitative estimate of drug-likeness (QED) is 0.114. The van der Waals surface area contributed by atoms with E-state index < -0.39 is 0 Å². The van der Waals surface area contributed by atoms with Crippen molar-refractivity contribution < 1.29 is 0 Å². The van der Waals surface area contributed by atoms with E-state index in [2.05, 4.69) is 374 Å². The molecule has 0 unspecified atom stereocenters. The second kappa shape index (κ2) is 23.8. The molecule has 0 spiro atoms. The van der Waals surface area contributed by atoms with Crippen LogP contribution in [0.1, 0.15) is 0 Å². The first-order valence-corrected chi connectivity index (χ1v) is 32.7. The van der Waals surface area contributed by atoms with E-state index in [-0.39, 0.29) is 0 Å². The summed E-state index contributed by atoms with van der Waals surface area (Å²) in [7, 11) is 0. The molecule has 0 bridgehead atoms. The van der Waals surface area contributed by atoms with E-state index in [0.717, 1.165) is 50.8 Å². The van der Waals surface area contributed by atoms with Gasteiger partial charge >= 0.3 is 0 Å². The zero-order chi connectivity index (χ0) is 61.6. The van der Waals surface area contributed by atoms with Gasteiger partial charge in [-0.2, -0.15) is 0 Å². The van der Waals surface area contributed by atoms with Crippen molar-refractivity contribution in [3.05, 3.63) is 364 Å². The third kappa shape index (κ3) is 10.3. The topological polar surface area (TPSA) is 6.48 Å². The third-order valence-corrected chi connectivity index (χ3v) is 19.8. The minimum absolute atomic E-state index is 1.05. The molecule has 1 heterocycles. The van der Waals surface area contributed by atoms with Gasteiger partial charge in [-0.15, -0.1) is 11.3 Å². The Morgan fingerprint density at radius 1 is 0.172 bits per heavy atom. The van der Waals surface area contributed by atoms with Gasteiger partial charge in [-0.1, -0.05) is 291 Å². The number of rotatable bonds is 13. The van der Waals surface area contributed by atoms with Crippen LogP contribution >= 0.6 is 11.3 Å². The van der Waals surface area contributed by atoms with Gasteiger partial charge in [-0.05, 0) is 177 Å². The Kier molecular flexibility index (Phi) is 14.1. The van der Waals surface area contributed by atoms with Crippen LogP contribution in [0.15, 0.2) is 364 Å². The molecule has 0 saturated heterocycles. The normalized spacial score (nSPS) is 11.4. The molecule has 1 aromatic heterocycles. The SMILES string of the molecule is c1ccc(-c2ccc(-c3ccc(N(c4ccc(-c5cccc6ccccc56)cc4)c4cccc(-c5ccccc5N(c5ccc(-c6ccc7ccccc7c6)cc5)c5ccc(-c6cccc7c6sc6c(-c8ccccc8)cccc67)cc5)c4)cc3)c3ccccc23)cc1. The van der Waals surface area contributed by atoms with E-state index in [0.29, 0.717) is 0 Å². The molecule has 0 aliphatic rings. The van der Waals surface area contributed by atoms with E-state index in [9.17, 15) is 0 Å². The van der Waals surface area contributed by atoms with Gasteiger partial charge in [-0.3, -0.25) is 0 Å². The number of anilines is 6. The highest BCUT2D eigenvalue weighted by Gasteiger charge is 2.22. The first-order chi connectivity index (χ1) is 46.1. The minimum Gasteiger partial charge on any atom is -0.310 e. The molecule has 93 heavy (non-hydrogen) atoms. The van der Waals surface area contributed by atoms with Crippen molar-refractivity contribution in [1.82, 2.24) is 0 Å². The maximum Gasteiger partial charge on any atom is 0.0540 e. The van der Waals surface area contributed by atoms with Gasteiger partial charge < -0.3 is 9.80 Å². The van der Waals surface area contributed by atoms with E-state index in [1.165, 1.54) is 114 Å². The molecule has 0 N–H and O–H groups in total. The van der Waals surface area contributed by atoms with Gasteiger partial charge in [0.25, 0.3) is 0 Å². The fourth-order valence-corrected chi connectivity index (χ4v) is 15.3. The average molecular weight is 1200 g/mol. The maximum absolute atomic E-state index is 2.43. The number of benzene rings is 16. The van der Waals surface area contributed by atoms with Gasteiger partial charge in [0.05, 0.1) is 5.69 Å². The average Bonchev–Trinajstić information content (AvgIpc) is 1.71. The van der Waals surface area contributed by atoms with Crippen molar-refractivity contribution in [2.24, 2.45) is 0 Å². The van der Waals surface area contributed by atoms with E-state index in [1.807, 2.05) is 11.3 Å². The van der Waals surface area contributed by atoms with E-state index >= 15 is 0 Å². The summed E-state index contributed by atoms with van der Waals surface area (Å²) < 4.78 is 2.61. The molecular weight excluding hydrogens is 1140 g/mol. The summed E-state index contributed by atoms with van der Waals surface area (Å²) in [4.78, 5) is 4.84. The maximum atomic E-state index is 2.43. The van der Waals surface area contributed by atoms with Crippen LogP contribution in [0.3, 0.4) is 0 Å². The van der Waals surface area contributed by atoms with E-state index in [1.54, 1.807) is 0 Å². The molecule has 16 aromatic carbocycles. The molecule has 0 fully saturated rings. The first kappa shape index (κ1) is 55.2. The summed E-state index contributed by atoms with van der Waals surface area (Å²) in [6, 6.07) is 133. The van der Waals surface area contributed by atoms with Crippen molar-refractivity contribution in [2.75, 3.05) is 9.80 Å². The zero-order valence-electron chi connectivity index (χ0n) is 50.9. The predicted molar refractivity (Wildman–Crippen MR) is 399 cm³/mol. The molecule has 17 aromatic rings. The van der Waals surface area contributed by atoms with Gasteiger partial charge in [0.15, 0.2) is 0 Å². The van der Waals surface area contributed by atoms with Crippen LogP contribution in [0.2, 0.25) is 0 Å². The summed E-state index contributed by atoms with van der Waals surface area (Å²) >= 11 is 1.89. The summed E-state index contributed by atoms with van der Waals surface area (Å²) in [5.41, 5.74) is 23.0. The molecule has 0 aliphatic heterocycles. The monoisotopic (exact) mass is 1200 g/mol. The number of para-hydroxylation sites is 1. The number of nitrogens with zero attached hydrogens (tertiary/aromatic N) is 2.